The van der Waals surface area contributed by atoms with Crippen molar-refractivity contribution in [3.8, 4) is 5.75 Å². The maximum Gasteiger partial charge on any atom is 0.256 e. The standard InChI is InChI=1S/C25H22N4O4/c1-33-18-7-4-15(5-8-18)27-23(31)25(10-11-25)24(32)28-17-6-9-19-20(13-16-3-2-12-26-16)22(30)29-21(19)14-17/h2-9,12-14,26H,10-11H2,1H3,(H,27,31)(H,28,32)(H,29,30)/b20-13-. The van der Waals surface area contributed by atoms with Crippen molar-refractivity contribution in [2.75, 3.05) is 23.1 Å². The van der Waals surface area contributed by atoms with Crippen LogP contribution in [0.1, 0.15) is 24.1 Å². The first-order valence-electron chi connectivity index (χ1n) is 10.6. The molecule has 5 rings (SSSR count). The zero-order valence-corrected chi connectivity index (χ0v) is 17.9. The molecule has 0 saturated heterocycles. The molecular formula is C25H22N4O4. The molecule has 1 fully saturated rings. The van der Waals surface area contributed by atoms with Gasteiger partial charge in [-0.25, -0.2) is 0 Å². The zero-order chi connectivity index (χ0) is 23.0. The fourth-order valence-electron chi connectivity index (χ4n) is 3.86. The van der Waals surface area contributed by atoms with Crippen LogP contribution in [0.15, 0.2) is 60.8 Å². The maximum absolute atomic E-state index is 13.0. The number of aromatic amines is 1. The molecule has 1 aromatic heterocycles. The molecule has 1 aliphatic heterocycles. The summed E-state index contributed by atoms with van der Waals surface area (Å²) in [6.45, 7) is 0. The predicted molar refractivity (Wildman–Crippen MR) is 126 cm³/mol. The number of fused-ring (bicyclic) bond motifs is 1. The van der Waals surface area contributed by atoms with Crippen LogP contribution in [0.4, 0.5) is 17.1 Å². The van der Waals surface area contributed by atoms with Crippen LogP contribution in [-0.4, -0.2) is 29.8 Å². The van der Waals surface area contributed by atoms with E-state index >= 15 is 0 Å². The van der Waals surface area contributed by atoms with Gasteiger partial charge in [-0.1, -0.05) is 6.07 Å². The third-order valence-electron chi connectivity index (χ3n) is 5.95. The molecule has 3 amide bonds. The summed E-state index contributed by atoms with van der Waals surface area (Å²) in [4.78, 5) is 41.3. The summed E-state index contributed by atoms with van der Waals surface area (Å²) < 4.78 is 5.12. The van der Waals surface area contributed by atoms with Crippen LogP contribution >= 0.6 is 0 Å². The van der Waals surface area contributed by atoms with Gasteiger partial charge in [0.15, 0.2) is 0 Å². The minimum absolute atomic E-state index is 0.208. The Kier molecular flexibility index (Phi) is 4.97. The Morgan fingerprint density at radius 2 is 1.70 bits per heavy atom. The van der Waals surface area contributed by atoms with Gasteiger partial charge >= 0.3 is 0 Å². The summed E-state index contributed by atoms with van der Waals surface area (Å²) in [6, 6.07) is 15.9. The average molecular weight is 442 g/mol. The molecule has 1 aliphatic carbocycles. The minimum atomic E-state index is -1.10. The van der Waals surface area contributed by atoms with Gasteiger partial charge in [0.2, 0.25) is 11.8 Å². The second-order valence-electron chi connectivity index (χ2n) is 8.12. The van der Waals surface area contributed by atoms with Crippen LogP contribution in [0.2, 0.25) is 0 Å². The highest BCUT2D eigenvalue weighted by Crippen LogP contribution is 2.48. The fraction of sp³-hybridized carbons (Fsp3) is 0.160. The van der Waals surface area contributed by atoms with Crippen LogP contribution in [-0.2, 0) is 14.4 Å². The Morgan fingerprint density at radius 1 is 1.00 bits per heavy atom. The van der Waals surface area contributed by atoms with E-state index in [2.05, 4.69) is 20.9 Å². The van der Waals surface area contributed by atoms with Crippen molar-refractivity contribution in [2.45, 2.75) is 12.8 Å². The van der Waals surface area contributed by atoms with Gasteiger partial charge in [0.05, 0.1) is 18.4 Å². The SMILES string of the molecule is COc1ccc(NC(=O)C2(C(=O)Nc3ccc4c(c3)NC(=O)/C4=C\c3ccc[nH]3)CC2)cc1. The van der Waals surface area contributed by atoms with E-state index < -0.39 is 5.41 Å². The predicted octanol–water partition coefficient (Wildman–Crippen LogP) is 3.87. The van der Waals surface area contributed by atoms with Crippen LogP contribution in [0.25, 0.3) is 11.6 Å². The highest BCUT2D eigenvalue weighted by molar-refractivity contribution is 6.35. The number of methoxy groups -OCH3 is 1. The third-order valence-corrected chi connectivity index (χ3v) is 5.95. The summed E-state index contributed by atoms with van der Waals surface area (Å²) in [5, 5.41) is 8.48. The summed E-state index contributed by atoms with van der Waals surface area (Å²) in [5.74, 6) is -0.224. The van der Waals surface area contributed by atoms with Crippen molar-refractivity contribution >= 4 is 46.4 Å². The van der Waals surface area contributed by atoms with Gasteiger partial charge in [-0.3, -0.25) is 14.4 Å². The Balaban J connectivity index is 1.29. The molecule has 0 unspecified atom stereocenters. The molecule has 33 heavy (non-hydrogen) atoms. The van der Waals surface area contributed by atoms with Gasteiger partial charge in [0, 0.05) is 28.8 Å². The summed E-state index contributed by atoms with van der Waals surface area (Å²) in [5.41, 5.74) is 2.76. The Morgan fingerprint density at radius 3 is 2.33 bits per heavy atom. The number of carbonyl (C=O) groups excluding carboxylic acids is 3. The van der Waals surface area contributed by atoms with Gasteiger partial charge in [-0.15, -0.1) is 0 Å². The molecule has 3 aromatic rings. The molecular weight excluding hydrogens is 420 g/mol. The lowest BCUT2D eigenvalue weighted by molar-refractivity contribution is -0.131. The zero-order valence-electron chi connectivity index (χ0n) is 17.9. The van der Waals surface area contributed by atoms with Crippen molar-refractivity contribution in [1.82, 2.24) is 4.98 Å². The van der Waals surface area contributed by atoms with Gasteiger partial charge in [0.25, 0.3) is 5.91 Å². The number of rotatable bonds is 6. The number of H-pyrrole nitrogens is 1. The number of anilines is 3. The van der Waals surface area contributed by atoms with Crippen LogP contribution < -0.4 is 20.7 Å². The summed E-state index contributed by atoms with van der Waals surface area (Å²) in [6.07, 6.45) is 4.52. The van der Waals surface area contributed by atoms with E-state index in [9.17, 15) is 14.4 Å². The lowest BCUT2D eigenvalue weighted by atomic mass is 10.0. The quantitative estimate of drug-likeness (QED) is 0.343. The lowest BCUT2D eigenvalue weighted by Crippen LogP contribution is -2.35. The molecule has 0 atom stereocenters. The van der Waals surface area contributed by atoms with E-state index in [0.29, 0.717) is 41.2 Å². The van der Waals surface area contributed by atoms with Crippen molar-refractivity contribution in [3.63, 3.8) is 0 Å². The Hall–Kier alpha value is -4.33. The highest BCUT2D eigenvalue weighted by atomic mass is 16.5. The molecule has 166 valence electrons. The third kappa shape index (κ3) is 3.87. The molecule has 0 radical (unpaired) electrons. The number of ether oxygens (including phenoxy) is 1. The smallest absolute Gasteiger partial charge is 0.256 e. The Labute approximate surface area is 190 Å². The van der Waals surface area contributed by atoms with Crippen molar-refractivity contribution in [2.24, 2.45) is 5.41 Å². The molecule has 2 heterocycles. The fourth-order valence-corrected chi connectivity index (χ4v) is 3.86. The van der Waals surface area contributed by atoms with Gasteiger partial charge in [-0.2, -0.15) is 0 Å². The topological polar surface area (TPSA) is 112 Å². The van der Waals surface area contributed by atoms with Gasteiger partial charge in [0.1, 0.15) is 11.2 Å². The van der Waals surface area contributed by atoms with E-state index in [1.54, 1.807) is 61.8 Å². The van der Waals surface area contributed by atoms with E-state index in [4.69, 9.17) is 4.74 Å². The molecule has 8 heteroatoms. The second-order valence-corrected chi connectivity index (χ2v) is 8.12. The van der Waals surface area contributed by atoms with Gasteiger partial charge in [-0.05, 0) is 67.4 Å². The number of benzene rings is 2. The maximum atomic E-state index is 13.0. The Bertz CT molecular complexity index is 1270. The molecule has 1 saturated carbocycles. The van der Waals surface area contributed by atoms with E-state index in [1.807, 2.05) is 12.1 Å². The number of carbonyl (C=O) groups is 3. The van der Waals surface area contributed by atoms with Crippen molar-refractivity contribution in [1.29, 1.82) is 0 Å². The van der Waals surface area contributed by atoms with Crippen LogP contribution in [0.5, 0.6) is 5.75 Å². The highest BCUT2D eigenvalue weighted by Gasteiger charge is 2.56. The van der Waals surface area contributed by atoms with Crippen LogP contribution in [0.3, 0.4) is 0 Å². The minimum Gasteiger partial charge on any atom is -0.497 e. The first kappa shape index (κ1) is 20.6. The average Bonchev–Trinajstić information content (AvgIpc) is 3.37. The normalized spacial score (nSPS) is 16.6. The van der Waals surface area contributed by atoms with Crippen molar-refractivity contribution in [3.05, 3.63) is 72.1 Å². The number of aromatic nitrogens is 1. The summed E-state index contributed by atoms with van der Waals surface area (Å²) in [7, 11) is 1.57. The lowest BCUT2D eigenvalue weighted by Gasteiger charge is -2.16. The molecule has 2 aliphatic rings. The number of nitrogens with one attached hydrogen (secondary N) is 4. The van der Waals surface area contributed by atoms with Crippen molar-refractivity contribution < 1.29 is 19.1 Å². The van der Waals surface area contributed by atoms with E-state index in [1.165, 1.54) is 0 Å². The monoisotopic (exact) mass is 442 g/mol. The van der Waals surface area contributed by atoms with Gasteiger partial charge < -0.3 is 25.7 Å². The summed E-state index contributed by atoms with van der Waals surface area (Å²) >= 11 is 0. The first-order chi connectivity index (χ1) is 16.0. The second kappa shape index (κ2) is 7.98. The number of amides is 3. The van der Waals surface area contributed by atoms with E-state index in [0.717, 1.165) is 11.3 Å². The number of hydrogen-bond donors (Lipinski definition) is 4. The van der Waals surface area contributed by atoms with Crippen LogP contribution in [0, 0.1) is 5.41 Å². The molecule has 4 N–H and O–H groups in total. The largest absolute Gasteiger partial charge is 0.497 e. The first-order valence-corrected chi connectivity index (χ1v) is 10.6. The molecule has 0 bridgehead atoms. The molecule has 8 nitrogen and oxygen atoms in total. The molecule has 2 aromatic carbocycles. The molecule has 0 spiro atoms. The number of hydrogen-bond acceptors (Lipinski definition) is 4. The van der Waals surface area contributed by atoms with E-state index in [-0.39, 0.29) is 17.7 Å².